The van der Waals surface area contributed by atoms with Crippen LogP contribution in [0, 0.1) is 6.92 Å². The van der Waals surface area contributed by atoms with Crippen LogP contribution in [0.2, 0.25) is 0 Å². The Labute approximate surface area is 127 Å². The molecule has 0 fully saturated rings. The molecule has 112 valence electrons. The van der Waals surface area contributed by atoms with E-state index in [4.69, 9.17) is 18.9 Å². The van der Waals surface area contributed by atoms with Gasteiger partial charge in [-0.15, -0.1) is 0 Å². The lowest BCUT2D eigenvalue weighted by molar-refractivity contribution is -0.134. The predicted octanol–water partition coefficient (Wildman–Crippen LogP) is 2.72. The number of alkyl halides is 1. The van der Waals surface area contributed by atoms with Gasteiger partial charge in [-0.1, -0.05) is 15.9 Å². The number of methoxy groups -OCH3 is 3. The summed E-state index contributed by atoms with van der Waals surface area (Å²) >= 11 is 3.27. The quantitative estimate of drug-likeness (QED) is 0.431. The summed E-state index contributed by atoms with van der Waals surface area (Å²) in [5.41, 5.74) is 0.952. The molecule has 0 heterocycles. The monoisotopic (exact) mass is 346 g/mol. The number of ether oxygens (including phenoxy) is 4. The van der Waals surface area contributed by atoms with Crippen LogP contribution in [0.3, 0.4) is 0 Å². The van der Waals surface area contributed by atoms with Crippen molar-refractivity contribution in [1.82, 2.24) is 0 Å². The molecular formula is C14H19BrO5. The molecule has 20 heavy (non-hydrogen) atoms. The lowest BCUT2D eigenvalue weighted by Crippen LogP contribution is -2.22. The molecule has 0 spiro atoms. The van der Waals surface area contributed by atoms with Crippen molar-refractivity contribution in [1.29, 1.82) is 0 Å². The van der Waals surface area contributed by atoms with Crippen LogP contribution in [-0.4, -0.2) is 38.7 Å². The summed E-state index contributed by atoms with van der Waals surface area (Å²) in [6, 6.07) is 3.56. The first kappa shape index (κ1) is 16.8. The van der Waals surface area contributed by atoms with Crippen molar-refractivity contribution >= 4 is 21.9 Å². The van der Waals surface area contributed by atoms with Crippen molar-refractivity contribution in [2.75, 3.05) is 27.9 Å². The number of hydrogen-bond acceptors (Lipinski definition) is 5. The summed E-state index contributed by atoms with van der Waals surface area (Å²) in [5.74, 6) is 0.790. The lowest BCUT2D eigenvalue weighted by atomic mass is 10.2. The molecule has 0 bridgehead atoms. The largest absolute Gasteiger partial charge is 0.493 e. The second-order valence-electron chi connectivity index (χ2n) is 4.17. The van der Waals surface area contributed by atoms with E-state index in [9.17, 15) is 4.79 Å². The average Bonchev–Trinajstić information content (AvgIpc) is 2.45. The van der Waals surface area contributed by atoms with Gasteiger partial charge in [0.1, 0.15) is 4.83 Å². The second kappa shape index (κ2) is 8.11. The van der Waals surface area contributed by atoms with E-state index in [1.807, 2.05) is 6.92 Å². The van der Waals surface area contributed by atoms with Crippen molar-refractivity contribution in [2.24, 2.45) is 0 Å². The molecule has 0 saturated heterocycles. The molecule has 6 heteroatoms. The second-order valence-corrected chi connectivity index (χ2v) is 5.27. The normalized spacial score (nSPS) is 11.8. The first-order valence-corrected chi connectivity index (χ1v) is 7.02. The fraction of sp³-hybridized carbons (Fsp3) is 0.500. The SMILES string of the molecule is COCCC(Br)C(=O)Oc1c(OC)cc(C)cc1OC. The third-order valence-corrected chi connectivity index (χ3v) is 3.47. The van der Waals surface area contributed by atoms with Gasteiger partial charge in [-0.05, 0) is 31.0 Å². The van der Waals surface area contributed by atoms with Gasteiger partial charge in [0.25, 0.3) is 0 Å². The molecule has 0 amide bonds. The summed E-state index contributed by atoms with van der Waals surface area (Å²) in [6.07, 6.45) is 0.520. The minimum atomic E-state index is -0.446. The van der Waals surface area contributed by atoms with Gasteiger partial charge in [0.2, 0.25) is 5.75 Å². The molecule has 1 rings (SSSR count). The maximum atomic E-state index is 12.0. The third kappa shape index (κ3) is 4.38. The zero-order valence-corrected chi connectivity index (χ0v) is 13.7. The van der Waals surface area contributed by atoms with Crippen LogP contribution in [0.15, 0.2) is 12.1 Å². The Bertz CT molecular complexity index is 436. The Balaban J connectivity index is 2.93. The standard InChI is InChI=1S/C14H19BrO5/c1-9-7-11(18-3)13(12(8-9)19-4)20-14(16)10(15)5-6-17-2/h7-8,10H,5-6H2,1-4H3. The third-order valence-electron chi connectivity index (χ3n) is 2.64. The highest BCUT2D eigenvalue weighted by molar-refractivity contribution is 9.10. The zero-order chi connectivity index (χ0) is 15.1. The number of esters is 1. The van der Waals surface area contributed by atoms with Crippen LogP contribution in [-0.2, 0) is 9.53 Å². The minimum Gasteiger partial charge on any atom is -0.493 e. The summed E-state index contributed by atoms with van der Waals surface area (Å²) in [5, 5.41) is 0. The predicted molar refractivity (Wildman–Crippen MR) is 79.1 cm³/mol. The minimum absolute atomic E-state index is 0.285. The fourth-order valence-electron chi connectivity index (χ4n) is 1.62. The molecule has 1 unspecified atom stereocenters. The summed E-state index contributed by atoms with van der Waals surface area (Å²) in [4.78, 5) is 11.6. The van der Waals surface area contributed by atoms with Gasteiger partial charge in [-0.3, -0.25) is 4.79 Å². The number of hydrogen-bond donors (Lipinski definition) is 0. The summed E-state index contributed by atoms with van der Waals surface area (Å²) < 4.78 is 20.8. The van der Waals surface area contributed by atoms with E-state index in [-0.39, 0.29) is 5.75 Å². The van der Waals surface area contributed by atoms with Gasteiger partial charge < -0.3 is 18.9 Å². The molecule has 0 radical (unpaired) electrons. The Kier molecular flexibility index (Phi) is 6.81. The molecule has 0 saturated carbocycles. The molecule has 0 aromatic heterocycles. The number of benzene rings is 1. The van der Waals surface area contributed by atoms with E-state index in [0.717, 1.165) is 5.56 Å². The van der Waals surface area contributed by atoms with Gasteiger partial charge in [-0.2, -0.15) is 0 Å². The Hall–Kier alpha value is -1.27. The highest BCUT2D eigenvalue weighted by atomic mass is 79.9. The van der Waals surface area contributed by atoms with E-state index in [1.165, 1.54) is 14.2 Å². The van der Waals surface area contributed by atoms with Crippen LogP contribution in [0.4, 0.5) is 0 Å². The van der Waals surface area contributed by atoms with Crippen LogP contribution in [0.1, 0.15) is 12.0 Å². The van der Waals surface area contributed by atoms with Gasteiger partial charge in [0, 0.05) is 13.7 Å². The summed E-state index contributed by atoms with van der Waals surface area (Å²) in [7, 11) is 4.61. The highest BCUT2D eigenvalue weighted by Crippen LogP contribution is 2.38. The molecule has 1 aromatic carbocycles. The van der Waals surface area contributed by atoms with Crippen molar-refractivity contribution in [3.8, 4) is 17.2 Å². The van der Waals surface area contributed by atoms with Crippen molar-refractivity contribution < 1.29 is 23.7 Å². The smallest absolute Gasteiger partial charge is 0.325 e. The van der Waals surface area contributed by atoms with Crippen molar-refractivity contribution in [3.63, 3.8) is 0 Å². The van der Waals surface area contributed by atoms with Gasteiger partial charge >= 0.3 is 5.97 Å². The van der Waals surface area contributed by atoms with Gasteiger partial charge in [0.05, 0.1) is 14.2 Å². The lowest BCUT2D eigenvalue weighted by Gasteiger charge is -2.15. The first-order valence-electron chi connectivity index (χ1n) is 6.10. The summed E-state index contributed by atoms with van der Waals surface area (Å²) in [6.45, 7) is 2.37. The molecule has 0 aliphatic rings. The molecule has 0 N–H and O–H groups in total. The van der Waals surface area contributed by atoms with E-state index in [0.29, 0.717) is 24.5 Å². The van der Waals surface area contributed by atoms with Gasteiger partial charge in [-0.25, -0.2) is 0 Å². The van der Waals surface area contributed by atoms with Crippen LogP contribution < -0.4 is 14.2 Å². The number of rotatable bonds is 7. The molecule has 0 aliphatic heterocycles. The number of carbonyl (C=O) groups excluding carboxylic acids is 1. The average molecular weight is 347 g/mol. The molecule has 1 atom stereocenters. The molecular weight excluding hydrogens is 328 g/mol. The molecule has 1 aromatic rings. The van der Waals surface area contributed by atoms with Crippen LogP contribution in [0.25, 0.3) is 0 Å². The number of aryl methyl sites for hydroxylation is 1. The van der Waals surface area contributed by atoms with Crippen LogP contribution in [0.5, 0.6) is 17.2 Å². The van der Waals surface area contributed by atoms with E-state index < -0.39 is 10.8 Å². The van der Waals surface area contributed by atoms with Crippen molar-refractivity contribution in [3.05, 3.63) is 17.7 Å². The van der Waals surface area contributed by atoms with Crippen molar-refractivity contribution in [2.45, 2.75) is 18.2 Å². The maximum absolute atomic E-state index is 12.0. The molecule has 5 nitrogen and oxygen atoms in total. The zero-order valence-electron chi connectivity index (χ0n) is 12.1. The number of carbonyl (C=O) groups is 1. The van der Waals surface area contributed by atoms with E-state index in [2.05, 4.69) is 15.9 Å². The Morgan fingerprint density at radius 3 is 2.20 bits per heavy atom. The van der Waals surface area contributed by atoms with Gasteiger partial charge in [0.15, 0.2) is 11.5 Å². The topological polar surface area (TPSA) is 54.0 Å². The highest BCUT2D eigenvalue weighted by Gasteiger charge is 2.22. The first-order chi connectivity index (χ1) is 9.53. The maximum Gasteiger partial charge on any atom is 0.325 e. The Morgan fingerprint density at radius 2 is 1.75 bits per heavy atom. The van der Waals surface area contributed by atoms with E-state index >= 15 is 0 Å². The Morgan fingerprint density at radius 1 is 1.20 bits per heavy atom. The number of halogens is 1. The van der Waals surface area contributed by atoms with E-state index in [1.54, 1.807) is 19.2 Å². The fourth-order valence-corrected chi connectivity index (χ4v) is 1.90. The van der Waals surface area contributed by atoms with Crippen LogP contribution >= 0.6 is 15.9 Å². The molecule has 0 aliphatic carbocycles.